The molecule has 7 heteroatoms. The fourth-order valence-electron chi connectivity index (χ4n) is 2.97. The van der Waals surface area contributed by atoms with Crippen molar-refractivity contribution in [2.45, 2.75) is 59.2 Å². The Morgan fingerprint density at radius 1 is 1.57 bits per heavy atom. The van der Waals surface area contributed by atoms with Crippen molar-refractivity contribution < 1.29 is 4.92 Å². The number of hydrogen-bond acceptors (Lipinski definition) is 5. The molecular weight excluding hydrogens is 270 g/mol. The first-order chi connectivity index (χ1) is 9.95. The van der Waals surface area contributed by atoms with Gasteiger partial charge in [0.05, 0.1) is 4.92 Å². The van der Waals surface area contributed by atoms with Crippen molar-refractivity contribution in [1.29, 1.82) is 0 Å². The van der Waals surface area contributed by atoms with Crippen molar-refractivity contribution in [3.63, 3.8) is 0 Å². The van der Waals surface area contributed by atoms with Crippen LogP contribution in [0.4, 0.5) is 11.5 Å². The fraction of sp³-hybridized carbons (Fsp3) is 0.786. The predicted molar refractivity (Wildman–Crippen MR) is 82.8 cm³/mol. The van der Waals surface area contributed by atoms with Crippen LogP contribution in [0.5, 0.6) is 0 Å². The van der Waals surface area contributed by atoms with Crippen LogP contribution in [0.25, 0.3) is 0 Å². The molecule has 1 saturated heterocycles. The van der Waals surface area contributed by atoms with E-state index in [0.717, 1.165) is 19.5 Å². The van der Waals surface area contributed by atoms with Gasteiger partial charge in [0.1, 0.15) is 5.69 Å². The second-order valence-corrected chi connectivity index (χ2v) is 5.87. The summed E-state index contributed by atoms with van der Waals surface area (Å²) in [5, 5.41) is 19.3. The third-order valence-corrected chi connectivity index (χ3v) is 4.03. The summed E-state index contributed by atoms with van der Waals surface area (Å²) in [6, 6.07) is 0.583. The molecule has 1 aromatic heterocycles. The highest BCUT2D eigenvalue weighted by Crippen LogP contribution is 2.33. The van der Waals surface area contributed by atoms with Crippen LogP contribution in [0, 0.1) is 17.0 Å². The van der Waals surface area contributed by atoms with E-state index in [0.29, 0.717) is 24.1 Å². The van der Waals surface area contributed by atoms with Gasteiger partial charge in [-0.25, -0.2) is 4.68 Å². The van der Waals surface area contributed by atoms with E-state index in [1.807, 2.05) is 6.92 Å². The standard InChI is InChI=1S/C14H25N5O2/c1-5-18-14(13(19(20)21)11(4)16-18)17(10(2)3)9-12-7-6-8-15-12/h10,12,15H,5-9H2,1-4H3. The minimum absolute atomic E-state index is 0.142. The lowest BCUT2D eigenvalue weighted by molar-refractivity contribution is -0.384. The summed E-state index contributed by atoms with van der Waals surface area (Å²) in [6.07, 6.45) is 2.29. The summed E-state index contributed by atoms with van der Waals surface area (Å²) >= 11 is 0. The molecule has 2 heterocycles. The van der Waals surface area contributed by atoms with Gasteiger partial charge in [-0.3, -0.25) is 10.1 Å². The molecule has 7 nitrogen and oxygen atoms in total. The molecule has 0 radical (unpaired) electrons. The van der Waals surface area contributed by atoms with E-state index in [-0.39, 0.29) is 16.7 Å². The molecule has 0 aromatic carbocycles. The van der Waals surface area contributed by atoms with Crippen LogP contribution in [-0.4, -0.2) is 39.9 Å². The van der Waals surface area contributed by atoms with Crippen molar-refractivity contribution in [3.05, 3.63) is 15.8 Å². The number of aryl methyl sites for hydroxylation is 2. The van der Waals surface area contributed by atoms with E-state index in [1.165, 1.54) is 6.42 Å². The van der Waals surface area contributed by atoms with Crippen molar-refractivity contribution in [3.8, 4) is 0 Å². The van der Waals surface area contributed by atoms with E-state index >= 15 is 0 Å². The van der Waals surface area contributed by atoms with Crippen LogP contribution in [-0.2, 0) is 6.54 Å². The maximum absolute atomic E-state index is 11.4. The highest BCUT2D eigenvalue weighted by Gasteiger charge is 2.32. The zero-order valence-corrected chi connectivity index (χ0v) is 13.3. The number of anilines is 1. The van der Waals surface area contributed by atoms with E-state index in [9.17, 15) is 10.1 Å². The summed E-state index contributed by atoms with van der Waals surface area (Å²) in [7, 11) is 0. The molecule has 0 bridgehead atoms. The largest absolute Gasteiger partial charge is 0.347 e. The molecule has 1 atom stereocenters. The van der Waals surface area contributed by atoms with Gasteiger partial charge in [0.25, 0.3) is 0 Å². The van der Waals surface area contributed by atoms with Crippen molar-refractivity contribution in [1.82, 2.24) is 15.1 Å². The number of hydrogen-bond donors (Lipinski definition) is 1. The van der Waals surface area contributed by atoms with Gasteiger partial charge in [-0.15, -0.1) is 0 Å². The van der Waals surface area contributed by atoms with Crippen LogP contribution >= 0.6 is 0 Å². The molecule has 118 valence electrons. The lowest BCUT2D eigenvalue weighted by atomic mass is 10.2. The first kappa shape index (κ1) is 15.8. The average Bonchev–Trinajstić information content (AvgIpc) is 3.02. The zero-order chi connectivity index (χ0) is 15.6. The van der Waals surface area contributed by atoms with E-state index in [1.54, 1.807) is 11.6 Å². The quantitative estimate of drug-likeness (QED) is 0.642. The van der Waals surface area contributed by atoms with Crippen molar-refractivity contribution in [2.24, 2.45) is 0 Å². The number of nitro groups is 1. The maximum Gasteiger partial charge on any atom is 0.333 e. The summed E-state index contributed by atoms with van der Waals surface area (Å²) in [6.45, 7) is 10.3. The second kappa shape index (κ2) is 6.43. The molecule has 1 aliphatic rings. The van der Waals surface area contributed by atoms with Crippen LogP contribution in [0.2, 0.25) is 0 Å². The van der Waals surface area contributed by atoms with E-state index in [4.69, 9.17) is 0 Å². The smallest absolute Gasteiger partial charge is 0.333 e. The minimum Gasteiger partial charge on any atom is -0.347 e. The third kappa shape index (κ3) is 3.18. The molecule has 0 aliphatic carbocycles. The van der Waals surface area contributed by atoms with Gasteiger partial charge in [-0.2, -0.15) is 5.10 Å². The first-order valence-corrected chi connectivity index (χ1v) is 7.67. The van der Waals surface area contributed by atoms with Gasteiger partial charge in [0.15, 0.2) is 0 Å². The van der Waals surface area contributed by atoms with Crippen LogP contribution < -0.4 is 10.2 Å². The van der Waals surface area contributed by atoms with Gasteiger partial charge >= 0.3 is 5.69 Å². The Morgan fingerprint density at radius 3 is 2.76 bits per heavy atom. The molecule has 1 N–H and O–H groups in total. The highest BCUT2D eigenvalue weighted by atomic mass is 16.6. The van der Waals surface area contributed by atoms with E-state index < -0.39 is 0 Å². The molecule has 1 unspecified atom stereocenters. The highest BCUT2D eigenvalue weighted by molar-refractivity contribution is 5.62. The molecular formula is C14H25N5O2. The van der Waals surface area contributed by atoms with Gasteiger partial charge < -0.3 is 10.2 Å². The molecule has 1 aliphatic heterocycles. The lowest BCUT2D eigenvalue weighted by Gasteiger charge is -2.31. The van der Waals surface area contributed by atoms with Gasteiger partial charge in [0.2, 0.25) is 5.82 Å². The predicted octanol–water partition coefficient (Wildman–Crippen LogP) is 2.09. The van der Waals surface area contributed by atoms with E-state index in [2.05, 4.69) is 29.2 Å². The number of nitrogens with zero attached hydrogens (tertiary/aromatic N) is 4. The summed E-state index contributed by atoms with van der Waals surface area (Å²) in [4.78, 5) is 13.3. The normalized spacial score (nSPS) is 18.4. The monoisotopic (exact) mass is 295 g/mol. The summed E-state index contributed by atoms with van der Waals surface area (Å²) in [5.74, 6) is 0.642. The van der Waals surface area contributed by atoms with Gasteiger partial charge in [-0.05, 0) is 47.1 Å². The lowest BCUT2D eigenvalue weighted by Crippen LogP contribution is -2.42. The molecule has 1 aromatic rings. The third-order valence-electron chi connectivity index (χ3n) is 4.03. The summed E-state index contributed by atoms with van der Waals surface area (Å²) in [5.41, 5.74) is 0.630. The maximum atomic E-state index is 11.4. The number of rotatable bonds is 6. The minimum atomic E-state index is -0.304. The molecule has 21 heavy (non-hydrogen) atoms. The molecule has 0 amide bonds. The Bertz CT molecular complexity index is 506. The Hall–Kier alpha value is -1.63. The average molecular weight is 295 g/mol. The Morgan fingerprint density at radius 2 is 2.29 bits per heavy atom. The van der Waals surface area contributed by atoms with Crippen LogP contribution in [0.15, 0.2) is 0 Å². The molecule has 1 fully saturated rings. The van der Waals surface area contributed by atoms with Crippen molar-refractivity contribution >= 4 is 11.5 Å². The van der Waals surface area contributed by atoms with Gasteiger partial charge in [-0.1, -0.05) is 0 Å². The van der Waals surface area contributed by atoms with Crippen LogP contribution in [0.1, 0.15) is 39.3 Å². The topological polar surface area (TPSA) is 76.2 Å². The Labute approximate surface area is 125 Å². The molecule has 0 saturated carbocycles. The Kier molecular flexibility index (Phi) is 4.82. The number of nitrogens with one attached hydrogen (secondary N) is 1. The zero-order valence-electron chi connectivity index (χ0n) is 13.3. The van der Waals surface area contributed by atoms with Crippen LogP contribution in [0.3, 0.4) is 0 Å². The SMILES string of the molecule is CCn1nc(C)c([N+](=O)[O-])c1N(CC1CCCN1)C(C)C. The first-order valence-electron chi connectivity index (χ1n) is 7.67. The second-order valence-electron chi connectivity index (χ2n) is 5.87. The van der Waals surface area contributed by atoms with Gasteiger partial charge in [0, 0.05) is 25.2 Å². The Balaban J connectivity index is 2.40. The number of aromatic nitrogens is 2. The van der Waals surface area contributed by atoms with Crippen molar-refractivity contribution in [2.75, 3.05) is 18.0 Å². The molecule has 0 spiro atoms. The molecule has 2 rings (SSSR count). The summed E-state index contributed by atoms with van der Waals surface area (Å²) < 4.78 is 1.75. The fourth-order valence-corrected chi connectivity index (χ4v) is 2.97.